The Kier molecular flexibility index (Phi) is 6.69. The topological polar surface area (TPSA) is 26.3 Å². The van der Waals surface area contributed by atoms with E-state index in [2.05, 4.69) is 6.92 Å². The van der Waals surface area contributed by atoms with Crippen LogP contribution in [-0.4, -0.2) is 11.9 Å². The SMILES string of the molecule is CCCCCCC(C)Oc1cc(C)c(F)cc1C(C)=O. The van der Waals surface area contributed by atoms with Gasteiger partial charge in [-0.3, -0.25) is 4.79 Å². The Bertz CT molecular complexity index is 455. The lowest BCUT2D eigenvalue weighted by Crippen LogP contribution is -2.14. The van der Waals surface area contributed by atoms with Crippen molar-refractivity contribution in [3.05, 3.63) is 29.1 Å². The molecule has 0 saturated heterocycles. The Morgan fingerprint density at radius 2 is 2.00 bits per heavy atom. The highest BCUT2D eigenvalue weighted by molar-refractivity contribution is 5.96. The fourth-order valence-electron chi connectivity index (χ4n) is 2.16. The lowest BCUT2D eigenvalue weighted by Gasteiger charge is -2.17. The van der Waals surface area contributed by atoms with Gasteiger partial charge in [0.1, 0.15) is 11.6 Å². The molecule has 1 unspecified atom stereocenters. The van der Waals surface area contributed by atoms with Gasteiger partial charge in [-0.15, -0.1) is 0 Å². The van der Waals surface area contributed by atoms with Crippen LogP contribution < -0.4 is 4.74 Å². The standard InChI is InChI=1S/C17H25FO2/c1-5-6-7-8-9-13(3)20-17-10-12(2)16(18)11-15(17)14(4)19/h10-11,13H,5-9H2,1-4H3. The normalized spacial score (nSPS) is 12.2. The third-order valence-electron chi connectivity index (χ3n) is 3.43. The van der Waals surface area contributed by atoms with Gasteiger partial charge in [0.05, 0.1) is 11.7 Å². The van der Waals surface area contributed by atoms with Crippen LogP contribution in [0, 0.1) is 12.7 Å². The van der Waals surface area contributed by atoms with E-state index in [0.29, 0.717) is 16.9 Å². The smallest absolute Gasteiger partial charge is 0.163 e. The maximum absolute atomic E-state index is 13.5. The van der Waals surface area contributed by atoms with Crippen LogP contribution in [0.3, 0.4) is 0 Å². The first-order valence-electron chi connectivity index (χ1n) is 7.43. The molecule has 0 saturated carbocycles. The summed E-state index contributed by atoms with van der Waals surface area (Å²) in [6.07, 6.45) is 5.75. The number of carbonyl (C=O) groups is 1. The Balaban J connectivity index is 2.70. The fraction of sp³-hybridized carbons (Fsp3) is 0.588. The molecule has 3 heteroatoms. The number of carbonyl (C=O) groups excluding carboxylic acids is 1. The van der Waals surface area contributed by atoms with Gasteiger partial charge in [0.2, 0.25) is 0 Å². The van der Waals surface area contributed by atoms with Gasteiger partial charge in [-0.05, 0) is 51.3 Å². The predicted octanol–water partition coefficient (Wildman–Crippen LogP) is 5.07. The minimum Gasteiger partial charge on any atom is -0.490 e. The van der Waals surface area contributed by atoms with Crippen LogP contribution in [0.2, 0.25) is 0 Å². The molecule has 2 nitrogen and oxygen atoms in total. The molecule has 0 aliphatic rings. The second kappa shape index (κ2) is 8.03. The lowest BCUT2D eigenvalue weighted by atomic mass is 10.1. The number of ether oxygens (including phenoxy) is 1. The number of rotatable bonds is 8. The largest absolute Gasteiger partial charge is 0.490 e. The molecule has 0 radical (unpaired) electrons. The van der Waals surface area contributed by atoms with Crippen molar-refractivity contribution < 1.29 is 13.9 Å². The monoisotopic (exact) mass is 280 g/mol. The highest BCUT2D eigenvalue weighted by Gasteiger charge is 2.14. The summed E-state index contributed by atoms with van der Waals surface area (Å²) >= 11 is 0. The number of Topliss-reactive ketones (excluding diaryl/α,β-unsaturated/α-hetero) is 1. The van der Waals surface area contributed by atoms with Crippen LogP contribution in [0.5, 0.6) is 5.75 Å². The van der Waals surface area contributed by atoms with Crippen molar-refractivity contribution in [2.24, 2.45) is 0 Å². The van der Waals surface area contributed by atoms with E-state index in [4.69, 9.17) is 4.74 Å². The molecule has 112 valence electrons. The van der Waals surface area contributed by atoms with Crippen LogP contribution in [0.1, 0.15) is 68.8 Å². The Morgan fingerprint density at radius 1 is 1.30 bits per heavy atom. The lowest BCUT2D eigenvalue weighted by molar-refractivity contribution is 0.101. The summed E-state index contributed by atoms with van der Waals surface area (Å²) < 4.78 is 19.4. The molecule has 0 aliphatic heterocycles. The zero-order valence-electron chi connectivity index (χ0n) is 13.0. The third-order valence-corrected chi connectivity index (χ3v) is 3.43. The van der Waals surface area contributed by atoms with E-state index >= 15 is 0 Å². The molecule has 0 fully saturated rings. The summed E-state index contributed by atoms with van der Waals surface area (Å²) in [7, 11) is 0. The van der Waals surface area contributed by atoms with Gasteiger partial charge < -0.3 is 4.74 Å². The van der Waals surface area contributed by atoms with Gasteiger partial charge in [-0.2, -0.15) is 0 Å². The van der Waals surface area contributed by atoms with E-state index in [1.54, 1.807) is 13.0 Å². The predicted molar refractivity (Wildman–Crippen MR) is 80.0 cm³/mol. The quantitative estimate of drug-likeness (QED) is 0.490. The number of halogens is 1. The molecule has 0 heterocycles. The molecule has 1 rings (SSSR count). The van der Waals surface area contributed by atoms with Crippen LogP contribution in [0.15, 0.2) is 12.1 Å². The molecule has 1 atom stereocenters. The third kappa shape index (κ3) is 4.95. The molecular formula is C17H25FO2. The number of hydrogen-bond donors (Lipinski definition) is 0. The number of ketones is 1. The van der Waals surface area contributed by atoms with Gasteiger partial charge in [0.25, 0.3) is 0 Å². The molecule has 0 bridgehead atoms. The summed E-state index contributed by atoms with van der Waals surface area (Å²) in [6, 6.07) is 2.89. The van der Waals surface area contributed by atoms with Crippen molar-refractivity contribution in [2.45, 2.75) is 65.9 Å². The molecule has 0 aromatic heterocycles. The van der Waals surface area contributed by atoms with E-state index < -0.39 is 0 Å². The molecule has 0 spiro atoms. The van der Waals surface area contributed by atoms with Crippen LogP contribution in [0.4, 0.5) is 4.39 Å². The van der Waals surface area contributed by atoms with E-state index in [9.17, 15) is 9.18 Å². The van der Waals surface area contributed by atoms with E-state index in [1.165, 1.54) is 32.3 Å². The number of unbranched alkanes of at least 4 members (excludes halogenated alkanes) is 3. The first kappa shape index (κ1) is 16.7. The van der Waals surface area contributed by atoms with Gasteiger partial charge in [-0.1, -0.05) is 26.2 Å². The van der Waals surface area contributed by atoms with Gasteiger partial charge in [-0.25, -0.2) is 4.39 Å². The summed E-state index contributed by atoms with van der Waals surface area (Å²) in [5.74, 6) is -0.0328. The first-order valence-corrected chi connectivity index (χ1v) is 7.43. The van der Waals surface area contributed by atoms with Crippen molar-refractivity contribution in [1.82, 2.24) is 0 Å². The number of benzene rings is 1. The minimum absolute atomic E-state index is 0.0369. The summed E-state index contributed by atoms with van der Waals surface area (Å²) in [6.45, 7) is 7.29. The zero-order chi connectivity index (χ0) is 15.1. The maximum Gasteiger partial charge on any atom is 0.163 e. The maximum atomic E-state index is 13.5. The van der Waals surface area contributed by atoms with E-state index in [-0.39, 0.29) is 17.7 Å². The molecule has 20 heavy (non-hydrogen) atoms. The summed E-state index contributed by atoms with van der Waals surface area (Å²) in [4.78, 5) is 11.6. The molecule has 1 aromatic carbocycles. The minimum atomic E-state index is -0.363. The Morgan fingerprint density at radius 3 is 2.60 bits per heavy atom. The van der Waals surface area contributed by atoms with Crippen LogP contribution in [-0.2, 0) is 0 Å². The summed E-state index contributed by atoms with van der Waals surface area (Å²) in [5.41, 5.74) is 0.830. The van der Waals surface area contributed by atoms with E-state index in [0.717, 1.165) is 12.8 Å². The molecule has 0 aliphatic carbocycles. The zero-order valence-corrected chi connectivity index (χ0v) is 13.0. The number of hydrogen-bond acceptors (Lipinski definition) is 2. The van der Waals surface area contributed by atoms with Crippen LogP contribution in [0.25, 0.3) is 0 Å². The van der Waals surface area contributed by atoms with Crippen molar-refractivity contribution in [1.29, 1.82) is 0 Å². The van der Waals surface area contributed by atoms with Crippen LogP contribution >= 0.6 is 0 Å². The number of aryl methyl sites for hydroxylation is 1. The van der Waals surface area contributed by atoms with Gasteiger partial charge >= 0.3 is 0 Å². The average molecular weight is 280 g/mol. The molecule has 0 N–H and O–H groups in total. The van der Waals surface area contributed by atoms with Crippen molar-refractivity contribution in [3.8, 4) is 5.75 Å². The molecule has 0 amide bonds. The van der Waals surface area contributed by atoms with Gasteiger partial charge in [0, 0.05) is 0 Å². The van der Waals surface area contributed by atoms with E-state index in [1.807, 2.05) is 6.92 Å². The molecular weight excluding hydrogens is 255 g/mol. The Hall–Kier alpha value is -1.38. The summed E-state index contributed by atoms with van der Waals surface area (Å²) in [5, 5.41) is 0. The first-order chi connectivity index (χ1) is 9.45. The van der Waals surface area contributed by atoms with Gasteiger partial charge in [0.15, 0.2) is 5.78 Å². The molecule has 1 aromatic rings. The second-order valence-electron chi connectivity index (χ2n) is 5.43. The Labute approximate surface area is 121 Å². The fourth-order valence-corrected chi connectivity index (χ4v) is 2.16. The highest BCUT2D eigenvalue weighted by Crippen LogP contribution is 2.25. The highest BCUT2D eigenvalue weighted by atomic mass is 19.1. The second-order valence-corrected chi connectivity index (χ2v) is 5.43. The van der Waals surface area contributed by atoms with Crippen molar-refractivity contribution >= 4 is 5.78 Å². The van der Waals surface area contributed by atoms with Crippen molar-refractivity contribution in [3.63, 3.8) is 0 Å². The van der Waals surface area contributed by atoms with Crippen molar-refractivity contribution in [2.75, 3.05) is 0 Å². The average Bonchev–Trinajstić information content (AvgIpc) is 2.38.